The Bertz CT molecular complexity index is 540. The molecule has 2 aromatic rings. The number of carbonyl (C=O) groups is 1. The molecule has 0 saturated carbocycles. The van der Waals surface area contributed by atoms with Crippen molar-refractivity contribution in [2.45, 2.75) is 6.54 Å². The second-order valence-electron chi connectivity index (χ2n) is 2.71. The molecule has 2 rings (SSSR count). The molecule has 2 N–H and O–H groups in total. The molecule has 14 heavy (non-hydrogen) atoms. The van der Waals surface area contributed by atoms with Gasteiger partial charge in [-0.05, 0) is 0 Å². The largest absolute Gasteiger partial charge is 0.368 e. The number of hydrogen-bond acceptors (Lipinski definition) is 4. The van der Waals surface area contributed by atoms with E-state index in [0.29, 0.717) is 5.65 Å². The number of rotatable bonds is 2. The van der Waals surface area contributed by atoms with Crippen molar-refractivity contribution in [3.63, 3.8) is 0 Å². The molecule has 7 nitrogen and oxygen atoms in total. The van der Waals surface area contributed by atoms with Crippen LogP contribution in [0.5, 0.6) is 0 Å². The fourth-order valence-electron chi connectivity index (χ4n) is 1.13. The Morgan fingerprint density at radius 3 is 3.00 bits per heavy atom. The topological polar surface area (TPSA) is 95.3 Å². The van der Waals surface area contributed by atoms with Crippen LogP contribution in [0.2, 0.25) is 0 Å². The van der Waals surface area contributed by atoms with Crippen LogP contribution < -0.4 is 11.4 Å². The van der Waals surface area contributed by atoms with E-state index >= 15 is 0 Å². The average molecular weight is 193 g/mol. The molecule has 0 aliphatic carbocycles. The second-order valence-corrected chi connectivity index (χ2v) is 2.71. The molecule has 0 spiro atoms. The van der Waals surface area contributed by atoms with Crippen molar-refractivity contribution in [3.8, 4) is 0 Å². The fraction of sp³-hybridized carbons (Fsp3) is 0.143. The Balaban J connectivity index is 2.63. The summed E-state index contributed by atoms with van der Waals surface area (Å²) < 4.78 is 2.29. The second kappa shape index (κ2) is 2.95. The van der Waals surface area contributed by atoms with Crippen LogP contribution in [0.25, 0.3) is 5.65 Å². The quantitative estimate of drug-likeness (QED) is 0.619. The number of nitrogens with two attached hydrogens (primary N) is 1. The van der Waals surface area contributed by atoms with E-state index in [4.69, 9.17) is 5.73 Å². The molecule has 72 valence electrons. The highest BCUT2D eigenvalue weighted by molar-refractivity contribution is 5.73. The summed E-state index contributed by atoms with van der Waals surface area (Å²) in [4.78, 5) is 25.9. The van der Waals surface area contributed by atoms with E-state index in [1.54, 1.807) is 0 Å². The predicted molar refractivity (Wildman–Crippen MR) is 46.4 cm³/mol. The van der Waals surface area contributed by atoms with Crippen molar-refractivity contribution >= 4 is 11.6 Å². The van der Waals surface area contributed by atoms with E-state index < -0.39 is 11.6 Å². The van der Waals surface area contributed by atoms with E-state index in [2.05, 4.69) is 10.1 Å². The van der Waals surface area contributed by atoms with Gasteiger partial charge >= 0.3 is 5.69 Å². The zero-order chi connectivity index (χ0) is 10.1. The molecule has 0 fully saturated rings. The zero-order valence-electron chi connectivity index (χ0n) is 7.12. The molecule has 0 aliphatic heterocycles. The molecule has 1 amide bonds. The third kappa shape index (κ3) is 1.24. The van der Waals surface area contributed by atoms with Gasteiger partial charge in [-0.3, -0.25) is 9.78 Å². The summed E-state index contributed by atoms with van der Waals surface area (Å²) in [6.07, 6.45) is 4.37. The first-order chi connectivity index (χ1) is 6.68. The van der Waals surface area contributed by atoms with E-state index in [0.717, 1.165) is 4.68 Å². The number of fused-ring (bicyclic) bond motifs is 1. The fourth-order valence-corrected chi connectivity index (χ4v) is 1.13. The molecule has 0 aromatic carbocycles. The molecular formula is C7H7N5O2. The standard InChI is InChI=1S/C7H7N5O2/c8-5(13)4-12-7(14)11-2-1-9-3-6(11)10-12/h1-3H,4H2,(H2,8,13). The van der Waals surface area contributed by atoms with Crippen LogP contribution in [0.1, 0.15) is 0 Å². The van der Waals surface area contributed by atoms with Crippen molar-refractivity contribution < 1.29 is 4.79 Å². The van der Waals surface area contributed by atoms with Crippen molar-refractivity contribution in [2.75, 3.05) is 0 Å². The van der Waals surface area contributed by atoms with Crippen LogP contribution in [0.15, 0.2) is 23.4 Å². The van der Waals surface area contributed by atoms with Crippen LogP contribution in [-0.4, -0.2) is 25.1 Å². The van der Waals surface area contributed by atoms with Gasteiger partial charge in [0.1, 0.15) is 6.54 Å². The van der Waals surface area contributed by atoms with E-state index in [1.807, 2.05) is 0 Å². The van der Waals surface area contributed by atoms with Gasteiger partial charge in [-0.1, -0.05) is 0 Å². The highest BCUT2D eigenvalue weighted by Crippen LogP contribution is 1.91. The molecule has 7 heteroatoms. The highest BCUT2D eigenvalue weighted by atomic mass is 16.2. The highest BCUT2D eigenvalue weighted by Gasteiger charge is 2.07. The number of nitrogens with zero attached hydrogens (tertiary/aromatic N) is 4. The molecule has 0 saturated heterocycles. The lowest BCUT2D eigenvalue weighted by molar-refractivity contribution is -0.118. The minimum absolute atomic E-state index is 0.222. The predicted octanol–water partition coefficient (Wildman–Crippen LogP) is -1.62. The third-order valence-electron chi connectivity index (χ3n) is 1.69. The molecule has 0 atom stereocenters. The summed E-state index contributed by atoms with van der Waals surface area (Å²) in [5.74, 6) is -0.608. The van der Waals surface area contributed by atoms with Crippen molar-refractivity contribution in [3.05, 3.63) is 29.1 Å². The number of primary amides is 1. The van der Waals surface area contributed by atoms with Gasteiger partial charge in [0.05, 0.1) is 6.20 Å². The SMILES string of the molecule is NC(=O)Cn1nc2cnccn2c1=O. The number of aromatic nitrogens is 4. The number of hydrogen-bond donors (Lipinski definition) is 1. The first kappa shape index (κ1) is 8.42. The monoisotopic (exact) mass is 193 g/mol. The van der Waals surface area contributed by atoms with Gasteiger partial charge in [0, 0.05) is 12.4 Å². The maximum absolute atomic E-state index is 11.5. The van der Waals surface area contributed by atoms with Gasteiger partial charge in [-0.25, -0.2) is 13.9 Å². The van der Waals surface area contributed by atoms with Gasteiger partial charge in [0.2, 0.25) is 5.91 Å². The molecule has 2 aromatic heterocycles. The van der Waals surface area contributed by atoms with Gasteiger partial charge < -0.3 is 5.73 Å². The summed E-state index contributed by atoms with van der Waals surface area (Å²) in [7, 11) is 0. The lowest BCUT2D eigenvalue weighted by Gasteiger charge is -1.90. The van der Waals surface area contributed by atoms with E-state index in [-0.39, 0.29) is 6.54 Å². The van der Waals surface area contributed by atoms with Crippen molar-refractivity contribution in [2.24, 2.45) is 5.73 Å². The first-order valence-electron chi connectivity index (χ1n) is 3.86. The molecule has 0 radical (unpaired) electrons. The normalized spacial score (nSPS) is 10.6. The number of amides is 1. The molecule has 0 aliphatic rings. The summed E-state index contributed by atoms with van der Waals surface area (Å²) >= 11 is 0. The minimum atomic E-state index is -0.608. The molecule has 0 bridgehead atoms. The summed E-state index contributed by atoms with van der Waals surface area (Å²) in [5, 5.41) is 3.86. The number of carbonyl (C=O) groups excluding carboxylic acids is 1. The third-order valence-corrected chi connectivity index (χ3v) is 1.69. The van der Waals surface area contributed by atoms with Gasteiger partial charge in [0.15, 0.2) is 5.65 Å². The van der Waals surface area contributed by atoms with E-state index in [9.17, 15) is 9.59 Å². The first-order valence-corrected chi connectivity index (χ1v) is 3.86. The van der Waals surface area contributed by atoms with E-state index in [1.165, 1.54) is 23.0 Å². The summed E-state index contributed by atoms with van der Waals surface area (Å²) in [6.45, 7) is -0.222. The Kier molecular flexibility index (Phi) is 1.77. The van der Waals surface area contributed by atoms with Gasteiger partial charge in [-0.15, -0.1) is 5.10 Å². The lowest BCUT2D eigenvalue weighted by Crippen LogP contribution is -2.28. The Hall–Kier alpha value is -2.18. The van der Waals surface area contributed by atoms with Gasteiger partial charge in [0.25, 0.3) is 0 Å². The van der Waals surface area contributed by atoms with Gasteiger partial charge in [-0.2, -0.15) is 0 Å². The van der Waals surface area contributed by atoms with Crippen LogP contribution in [0.3, 0.4) is 0 Å². The Morgan fingerprint density at radius 2 is 2.36 bits per heavy atom. The van der Waals surface area contributed by atoms with Crippen molar-refractivity contribution in [1.29, 1.82) is 0 Å². The van der Waals surface area contributed by atoms with Crippen LogP contribution in [-0.2, 0) is 11.3 Å². The van der Waals surface area contributed by atoms with Crippen LogP contribution >= 0.6 is 0 Å². The van der Waals surface area contributed by atoms with Crippen LogP contribution in [0, 0.1) is 0 Å². The average Bonchev–Trinajstić information content (AvgIpc) is 2.44. The Morgan fingerprint density at radius 1 is 1.57 bits per heavy atom. The maximum atomic E-state index is 11.5. The summed E-state index contributed by atoms with van der Waals surface area (Å²) in [5.41, 5.74) is 4.94. The Labute approximate surface area is 77.8 Å². The minimum Gasteiger partial charge on any atom is -0.368 e. The van der Waals surface area contributed by atoms with Crippen molar-refractivity contribution in [1.82, 2.24) is 19.2 Å². The van der Waals surface area contributed by atoms with Crippen LogP contribution in [0.4, 0.5) is 0 Å². The lowest BCUT2D eigenvalue weighted by atomic mass is 10.6. The molecular weight excluding hydrogens is 186 g/mol. The maximum Gasteiger partial charge on any atom is 0.350 e. The zero-order valence-corrected chi connectivity index (χ0v) is 7.12. The molecule has 0 unspecified atom stereocenters. The summed E-state index contributed by atoms with van der Waals surface area (Å²) in [6, 6.07) is 0. The smallest absolute Gasteiger partial charge is 0.350 e. The molecule has 2 heterocycles.